The molecule has 2 aromatic rings. The van der Waals surface area contributed by atoms with Gasteiger partial charge < -0.3 is 9.84 Å². The Morgan fingerprint density at radius 1 is 1.07 bits per heavy atom. The van der Waals surface area contributed by atoms with Gasteiger partial charge in [0.2, 0.25) is 0 Å². The van der Waals surface area contributed by atoms with Gasteiger partial charge >= 0.3 is 5.97 Å². The van der Waals surface area contributed by atoms with Crippen LogP contribution in [0.1, 0.15) is 41.6 Å². The van der Waals surface area contributed by atoms with Gasteiger partial charge in [-0.3, -0.25) is 4.90 Å². The lowest BCUT2D eigenvalue weighted by atomic mass is 9.70. The Balaban J connectivity index is 1.57. The summed E-state index contributed by atoms with van der Waals surface area (Å²) in [6, 6.07) is 19.5. The standard InChI is InChI=1S/C23H29NO3/c1-24(2)23(20-11-7-4-8-12-20)15-13-18(14-16-23)21(25)17-27-22(26)19-9-5-3-6-10-19/h3-12,18,21,25H,13-17H2,1-2H3. The summed E-state index contributed by atoms with van der Waals surface area (Å²) in [7, 11) is 4.26. The van der Waals surface area contributed by atoms with E-state index in [0.717, 1.165) is 25.7 Å². The number of aliphatic hydroxyl groups excluding tert-OH is 1. The first-order valence-corrected chi connectivity index (χ1v) is 9.66. The average molecular weight is 367 g/mol. The van der Waals surface area contributed by atoms with E-state index in [2.05, 4.69) is 43.3 Å². The molecule has 27 heavy (non-hydrogen) atoms. The second kappa shape index (κ2) is 8.68. The van der Waals surface area contributed by atoms with Crippen molar-refractivity contribution >= 4 is 5.97 Å². The highest BCUT2D eigenvalue weighted by molar-refractivity contribution is 5.89. The molecule has 1 unspecified atom stereocenters. The van der Waals surface area contributed by atoms with E-state index in [4.69, 9.17) is 4.74 Å². The van der Waals surface area contributed by atoms with E-state index in [-0.39, 0.29) is 24.0 Å². The van der Waals surface area contributed by atoms with Gasteiger partial charge in [-0.15, -0.1) is 0 Å². The first kappa shape index (κ1) is 19.6. The van der Waals surface area contributed by atoms with Gasteiger partial charge in [-0.1, -0.05) is 48.5 Å². The van der Waals surface area contributed by atoms with Crippen molar-refractivity contribution in [2.75, 3.05) is 20.7 Å². The Morgan fingerprint density at radius 3 is 2.19 bits per heavy atom. The van der Waals surface area contributed by atoms with Gasteiger partial charge in [-0.2, -0.15) is 0 Å². The van der Waals surface area contributed by atoms with Crippen molar-refractivity contribution in [1.82, 2.24) is 4.90 Å². The van der Waals surface area contributed by atoms with E-state index in [1.54, 1.807) is 24.3 Å². The molecule has 0 aliphatic heterocycles. The lowest BCUT2D eigenvalue weighted by molar-refractivity contribution is -0.0167. The minimum absolute atomic E-state index is 0.0121. The van der Waals surface area contributed by atoms with Crippen LogP contribution in [0.5, 0.6) is 0 Å². The highest BCUT2D eigenvalue weighted by atomic mass is 16.5. The number of carbonyl (C=O) groups excluding carboxylic acids is 1. The maximum Gasteiger partial charge on any atom is 0.338 e. The summed E-state index contributed by atoms with van der Waals surface area (Å²) in [5.74, 6) is -0.220. The summed E-state index contributed by atoms with van der Waals surface area (Å²) in [5.41, 5.74) is 1.86. The van der Waals surface area contributed by atoms with Gasteiger partial charge in [0, 0.05) is 5.54 Å². The third-order valence-corrected chi connectivity index (χ3v) is 5.96. The molecule has 1 fully saturated rings. The average Bonchev–Trinajstić information content (AvgIpc) is 2.73. The van der Waals surface area contributed by atoms with Gasteiger partial charge in [-0.05, 0) is 63.4 Å². The molecule has 3 rings (SSSR count). The van der Waals surface area contributed by atoms with Crippen LogP contribution in [-0.4, -0.2) is 42.8 Å². The molecule has 1 atom stereocenters. The molecule has 0 spiro atoms. The van der Waals surface area contributed by atoms with Crippen molar-refractivity contribution in [2.24, 2.45) is 5.92 Å². The van der Waals surface area contributed by atoms with E-state index in [0.29, 0.717) is 5.56 Å². The monoisotopic (exact) mass is 367 g/mol. The van der Waals surface area contributed by atoms with Gasteiger partial charge in [0.1, 0.15) is 6.61 Å². The summed E-state index contributed by atoms with van der Waals surface area (Å²) in [6.07, 6.45) is 3.18. The number of hydrogen-bond acceptors (Lipinski definition) is 4. The Morgan fingerprint density at radius 2 is 1.63 bits per heavy atom. The molecular formula is C23H29NO3. The first-order chi connectivity index (χ1) is 13.0. The number of carbonyl (C=O) groups is 1. The van der Waals surface area contributed by atoms with Crippen LogP contribution in [0.4, 0.5) is 0 Å². The fourth-order valence-electron chi connectivity index (χ4n) is 4.20. The molecule has 4 heteroatoms. The number of ether oxygens (including phenoxy) is 1. The predicted molar refractivity (Wildman–Crippen MR) is 106 cm³/mol. The van der Waals surface area contributed by atoms with Gasteiger partial charge in [0.25, 0.3) is 0 Å². The molecule has 1 N–H and O–H groups in total. The molecule has 0 bridgehead atoms. The lowest BCUT2D eigenvalue weighted by Crippen LogP contribution is -2.46. The van der Waals surface area contributed by atoms with Crippen molar-refractivity contribution in [3.05, 3.63) is 71.8 Å². The minimum atomic E-state index is -0.617. The molecule has 0 saturated heterocycles. The lowest BCUT2D eigenvalue weighted by Gasteiger charge is -2.46. The second-order valence-corrected chi connectivity index (χ2v) is 7.66. The topological polar surface area (TPSA) is 49.8 Å². The predicted octanol–water partition coefficient (Wildman–Crippen LogP) is 3.85. The van der Waals surface area contributed by atoms with E-state index >= 15 is 0 Å². The summed E-state index contributed by atoms with van der Waals surface area (Å²) in [4.78, 5) is 14.4. The molecule has 144 valence electrons. The molecule has 1 aliphatic rings. The van der Waals surface area contributed by atoms with Crippen molar-refractivity contribution in [2.45, 2.75) is 37.3 Å². The SMILES string of the molecule is CN(C)C1(c2ccccc2)CCC(C(O)COC(=O)c2ccccc2)CC1. The van der Waals surface area contributed by atoms with Crippen molar-refractivity contribution in [3.63, 3.8) is 0 Å². The Kier molecular flexibility index (Phi) is 6.30. The molecule has 1 aliphatic carbocycles. The summed E-state index contributed by atoms with van der Waals surface area (Å²) in [6.45, 7) is 0.0543. The van der Waals surface area contributed by atoms with Crippen LogP contribution < -0.4 is 0 Å². The van der Waals surface area contributed by atoms with E-state index < -0.39 is 6.10 Å². The summed E-state index contributed by atoms with van der Waals surface area (Å²) < 4.78 is 5.33. The maximum absolute atomic E-state index is 12.1. The maximum atomic E-state index is 12.1. The number of benzene rings is 2. The van der Waals surface area contributed by atoms with Crippen LogP contribution in [0.25, 0.3) is 0 Å². The fourth-order valence-corrected chi connectivity index (χ4v) is 4.20. The van der Waals surface area contributed by atoms with Crippen LogP contribution in [-0.2, 0) is 10.3 Å². The second-order valence-electron chi connectivity index (χ2n) is 7.66. The molecule has 0 amide bonds. The quantitative estimate of drug-likeness (QED) is 0.788. The van der Waals surface area contributed by atoms with Crippen molar-refractivity contribution in [1.29, 1.82) is 0 Å². The van der Waals surface area contributed by atoms with Crippen LogP contribution in [0.2, 0.25) is 0 Å². The summed E-state index contributed by atoms with van der Waals surface area (Å²) >= 11 is 0. The largest absolute Gasteiger partial charge is 0.459 e. The van der Waals surface area contributed by atoms with Crippen LogP contribution >= 0.6 is 0 Å². The third-order valence-electron chi connectivity index (χ3n) is 5.96. The number of esters is 1. The normalized spacial score (nSPS) is 23.8. The van der Waals surface area contributed by atoms with E-state index in [9.17, 15) is 9.90 Å². The van der Waals surface area contributed by atoms with Crippen LogP contribution in [0.3, 0.4) is 0 Å². The van der Waals surface area contributed by atoms with Gasteiger partial charge in [0.15, 0.2) is 0 Å². The molecule has 0 aromatic heterocycles. The van der Waals surface area contributed by atoms with E-state index in [1.165, 1.54) is 5.56 Å². The fraction of sp³-hybridized carbons (Fsp3) is 0.435. The Bertz CT molecular complexity index is 722. The number of aliphatic hydroxyl groups is 1. The number of nitrogens with zero attached hydrogens (tertiary/aromatic N) is 1. The highest BCUT2D eigenvalue weighted by Gasteiger charge is 2.40. The number of hydrogen-bond donors (Lipinski definition) is 1. The number of rotatable bonds is 6. The minimum Gasteiger partial charge on any atom is -0.459 e. The molecular weight excluding hydrogens is 338 g/mol. The molecule has 0 heterocycles. The zero-order valence-corrected chi connectivity index (χ0v) is 16.2. The summed E-state index contributed by atoms with van der Waals surface area (Å²) in [5, 5.41) is 10.6. The van der Waals surface area contributed by atoms with Gasteiger partial charge in [-0.25, -0.2) is 4.79 Å². The zero-order valence-electron chi connectivity index (χ0n) is 16.2. The Labute approximate surface area is 161 Å². The van der Waals surface area contributed by atoms with E-state index in [1.807, 2.05) is 12.1 Å². The zero-order chi connectivity index (χ0) is 19.3. The van der Waals surface area contributed by atoms with Crippen molar-refractivity contribution in [3.8, 4) is 0 Å². The van der Waals surface area contributed by atoms with Crippen LogP contribution in [0.15, 0.2) is 60.7 Å². The first-order valence-electron chi connectivity index (χ1n) is 9.66. The van der Waals surface area contributed by atoms with Gasteiger partial charge in [0.05, 0.1) is 11.7 Å². The highest BCUT2D eigenvalue weighted by Crippen LogP contribution is 2.43. The molecule has 1 saturated carbocycles. The molecule has 0 radical (unpaired) electrons. The third kappa shape index (κ3) is 4.40. The van der Waals surface area contributed by atoms with Crippen LogP contribution in [0, 0.1) is 5.92 Å². The Hall–Kier alpha value is -2.17. The molecule has 4 nitrogen and oxygen atoms in total. The van der Waals surface area contributed by atoms with Crippen molar-refractivity contribution < 1.29 is 14.6 Å². The molecule has 2 aromatic carbocycles. The smallest absolute Gasteiger partial charge is 0.338 e.